The number of rotatable bonds is 13. The molecule has 16 heteroatoms. The van der Waals surface area contributed by atoms with Gasteiger partial charge in [0.1, 0.15) is 41.6 Å². The van der Waals surface area contributed by atoms with Gasteiger partial charge >= 0.3 is 6.18 Å². The standard InChI is InChI=1S/C24H29F3N4O8S/c1-22(6-7-23(13-18(22)32,24(25,26)27)21-29-9-10-30-21)39-11-3-8-28-19(33)14-38-17-5-2-4-16(12-17)20(34)31-15-40(35,36)37/h2,4-7,9-10,12-13,19,28,32-33H,3,8,11,14-15H2,1H3,(H,29,30)(H,31,34)(H,35,36,37). The van der Waals surface area contributed by atoms with Crippen LogP contribution in [0.4, 0.5) is 13.2 Å². The molecule has 0 saturated carbocycles. The molecule has 3 unspecified atom stereocenters. The number of hydrogen-bond acceptors (Lipinski definition) is 9. The SMILES string of the molecule is CC1(OCCCNC(O)COc2cccc(C(=O)NCS(=O)(=O)O)c2)C=CC(c2ncc[nH]2)(C(F)(F)F)C=C1O. The Kier molecular flexibility index (Phi) is 9.63. The van der Waals surface area contributed by atoms with Crippen LogP contribution in [-0.2, 0) is 20.3 Å². The fraction of sp³-hybridized carbons (Fsp3) is 0.417. The maximum absolute atomic E-state index is 13.9. The quantitative estimate of drug-likeness (QED) is 0.0873. The number of H-pyrrole nitrogens is 1. The molecule has 3 rings (SSSR count). The van der Waals surface area contributed by atoms with E-state index in [-0.39, 0.29) is 31.1 Å². The molecule has 0 fully saturated rings. The van der Waals surface area contributed by atoms with E-state index < -0.39 is 56.9 Å². The number of amides is 1. The normalized spacial score (nSPS) is 22.0. The number of carbonyl (C=O) groups excluding carboxylic acids is 1. The summed E-state index contributed by atoms with van der Waals surface area (Å²) in [5.74, 6) is -2.51. The highest BCUT2D eigenvalue weighted by Crippen LogP contribution is 2.46. The van der Waals surface area contributed by atoms with Crippen molar-refractivity contribution in [2.24, 2.45) is 0 Å². The van der Waals surface area contributed by atoms with Gasteiger partial charge in [-0.25, -0.2) is 4.98 Å². The van der Waals surface area contributed by atoms with E-state index in [9.17, 15) is 36.6 Å². The number of aromatic nitrogens is 2. The van der Waals surface area contributed by atoms with Gasteiger partial charge in [0.25, 0.3) is 16.0 Å². The van der Waals surface area contributed by atoms with Gasteiger partial charge in [0.15, 0.2) is 5.41 Å². The lowest BCUT2D eigenvalue weighted by Crippen LogP contribution is -2.45. The van der Waals surface area contributed by atoms with Crippen LogP contribution in [0.25, 0.3) is 0 Å². The van der Waals surface area contributed by atoms with Gasteiger partial charge in [0.2, 0.25) is 0 Å². The zero-order chi connectivity index (χ0) is 29.6. The first-order valence-corrected chi connectivity index (χ1v) is 13.5. The van der Waals surface area contributed by atoms with Gasteiger partial charge in [-0.3, -0.25) is 14.7 Å². The van der Waals surface area contributed by atoms with E-state index >= 15 is 0 Å². The van der Waals surface area contributed by atoms with E-state index in [0.29, 0.717) is 12.5 Å². The lowest BCUT2D eigenvalue weighted by atomic mass is 9.78. The maximum Gasteiger partial charge on any atom is 0.408 e. The molecule has 1 aromatic carbocycles. The summed E-state index contributed by atoms with van der Waals surface area (Å²) in [4.78, 5) is 18.1. The summed E-state index contributed by atoms with van der Waals surface area (Å²) in [6.07, 6.45) is -0.455. The molecule has 2 aromatic rings. The summed E-state index contributed by atoms with van der Waals surface area (Å²) in [5.41, 5.74) is -4.06. The molecule has 0 bridgehead atoms. The number of carbonyl (C=O) groups is 1. The maximum atomic E-state index is 13.9. The second-order valence-electron chi connectivity index (χ2n) is 9.02. The number of allylic oxidation sites excluding steroid dienone is 2. The van der Waals surface area contributed by atoms with Gasteiger partial charge in [-0.05, 0) is 50.2 Å². The van der Waals surface area contributed by atoms with E-state index in [1.54, 1.807) is 0 Å². The summed E-state index contributed by atoms with van der Waals surface area (Å²) in [5, 5.41) is 25.4. The van der Waals surface area contributed by atoms with Crippen molar-refractivity contribution in [1.29, 1.82) is 0 Å². The molecule has 1 aliphatic carbocycles. The number of nitrogens with one attached hydrogen (secondary N) is 3. The minimum Gasteiger partial charge on any atom is -0.509 e. The lowest BCUT2D eigenvalue weighted by Gasteiger charge is -2.36. The van der Waals surface area contributed by atoms with Crippen molar-refractivity contribution < 1.29 is 50.6 Å². The number of aliphatic hydroxyl groups excluding tert-OH is 2. The highest BCUT2D eigenvalue weighted by atomic mass is 32.2. The van der Waals surface area contributed by atoms with Crippen molar-refractivity contribution in [2.45, 2.75) is 36.8 Å². The van der Waals surface area contributed by atoms with E-state index in [1.807, 2.05) is 5.32 Å². The largest absolute Gasteiger partial charge is 0.509 e. The molecule has 0 spiro atoms. The molecular weight excluding hydrogens is 561 g/mol. The van der Waals surface area contributed by atoms with Gasteiger partial charge in [0, 0.05) is 24.6 Å². The Morgan fingerprint density at radius 2 is 2.02 bits per heavy atom. The van der Waals surface area contributed by atoms with Crippen molar-refractivity contribution in [3.05, 3.63) is 72.0 Å². The molecule has 0 saturated heterocycles. The Morgan fingerprint density at radius 1 is 1.27 bits per heavy atom. The molecule has 0 radical (unpaired) electrons. The first kappa shape index (κ1) is 31.1. The third kappa shape index (κ3) is 7.82. The third-order valence-electron chi connectivity index (χ3n) is 5.92. The number of halogens is 3. The fourth-order valence-corrected chi connectivity index (χ4v) is 4.01. The van der Waals surface area contributed by atoms with Gasteiger partial charge in [-0.15, -0.1) is 0 Å². The molecule has 1 aliphatic rings. The first-order chi connectivity index (χ1) is 18.7. The Balaban J connectivity index is 1.44. The minimum atomic E-state index is -4.77. The molecular formula is C24H29F3N4O8S. The number of aliphatic hydroxyl groups is 2. The number of ether oxygens (including phenoxy) is 2. The van der Waals surface area contributed by atoms with Crippen LogP contribution < -0.4 is 15.4 Å². The Bertz CT molecular complexity index is 1330. The highest BCUT2D eigenvalue weighted by molar-refractivity contribution is 7.85. The van der Waals surface area contributed by atoms with Crippen molar-refractivity contribution in [3.8, 4) is 5.75 Å². The Morgan fingerprint density at radius 3 is 2.65 bits per heavy atom. The molecule has 220 valence electrons. The van der Waals surface area contributed by atoms with Crippen molar-refractivity contribution in [2.75, 3.05) is 25.6 Å². The van der Waals surface area contributed by atoms with E-state index in [2.05, 4.69) is 15.3 Å². The van der Waals surface area contributed by atoms with Crippen LogP contribution in [0.1, 0.15) is 29.5 Å². The predicted octanol–water partition coefficient (Wildman–Crippen LogP) is 1.95. The minimum absolute atomic E-state index is 0.0276. The van der Waals surface area contributed by atoms with Gasteiger partial charge in [0.05, 0.1) is 0 Å². The predicted molar refractivity (Wildman–Crippen MR) is 135 cm³/mol. The van der Waals surface area contributed by atoms with Crippen molar-refractivity contribution >= 4 is 16.0 Å². The summed E-state index contributed by atoms with van der Waals surface area (Å²) < 4.78 is 83.1. The number of nitrogens with zero attached hydrogens (tertiary/aromatic N) is 1. The monoisotopic (exact) mass is 590 g/mol. The fourth-order valence-electron chi connectivity index (χ4n) is 3.70. The van der Waals surface area contributed by atoms with Crippen molar-refractivity contribution in [3.63, 3.8) is 0 Å². The molecule has 6 N–H and O–H groups in total. The van der Waals surface area contributed by atoms with Crippen LogP contribution >= 0.6 is 0 Å². The van der Waals surface area contributed by atoms with Gasteiger partial charge in [-0.2, -0.15) is 21.6 Å². The van der Waals surface area contributed by atoms with Crippen LogP contribution in [0.15, 0.2) is 60.6 Å². The highest BCUT2D eigenvalue weighted by Gasteiger charge is 2.57. The average molecular weight is 591 g/mol. The summed E-state index contributed by atoms with van der Waals surface area (Å²) in [6.45, 7) is 1.46. The number of benzene rings is 1. The van der Waals surface area contributed by atoms with Crippen LogP contribution in [0.3, 0.4) is 0 Å². The molecule has 1 amide bonds. The zero-order valence-electron chi connectivity index (χ0n) is 21.2. The summed E-state index contributed by atoms with van der Waals surface area (Å²) in [7, 11) is -4.38. The number of imidazole rings is 1. The summed E-state index contributed by atoms with van der Waals surface area (Å²) >= 11 is 0. The zero-order valence-corrected chi connectivity index (χ0v) is 22.0. The molecule has 1 heterocycles. The smallest absolute Gasteiger partial charge is 0.408 e. The van der Waals surface area contributed by atoms with E-state index in [0.717, 1.165) is 12.2 Å². The summed E-state index contributed by atoms with van der Waals surface area (Å²) in [6, 6.07) is 5.71. The molecule has 3 atom stereocenters. The number of aromatic amines is 1. The van der Waals surface area contributed by atoms with Gasteiger partial charge < -0.3 is 30.0 Å². The van der Waals surface area contributed by atoms with E-state index in [1.165, 1.54) is 43.6 Å². The van der Waals surface area contributed by atoms with E-state index in [4.69, 9.17) is 14.0 Å². The second-order valence-corrected chi connectivity index (χ2v) is 10.5. The lowest BCUT2D eigenvalue weighted by molar-refractivity contribution is -0.166. The van der Waals surface area contributed by atoms with Crippen LogP contribution in [-0.4, -0.2) is 82.7 Å². The van der Waals surface area contributed by atoms with Crippen LogP contribution in [0.5, 0.6) is 5.75 Å². The third-order valence-corrected chi connectivity index (χ3v) is 6.43. The van der Waals surface area contributed by atoms with Crippen LogP contribution in [0.2, 0.25) is 0 Å². The Labute approximate surface area is 227 Å². The number of hydrogen-bond donors (Lipinski definition) is 6. The van der Waals surface area contributed by atoms with Crippen molar-refractivity contribution in [1.82, 2.24) is 20.6 Å². The second kappa shape index (κ2) is 12.4. The average Bonchev–Trinajstić information content (AvgIpc) is 3.42. The van der Waals surface area contributed by atoms with Gasteiger partial charge in [-0.1, -0.05) is 12.1 Å². The molecule has 40 heavy (non-hydrogen) atoms. The molecule has 1 aromatic heterocycles. The molecule has 0 aliphatic heterocycles. The first-order valence-electron chi connectivity index (χ1n) is 11.9. The number of alkyl halides is 3. The Hall–Kier alpha value is -3.44. The molecule has 12 nitrogen and oxygen atoms in total. The van der Waals surface area contributed by atoms with Crippen LogP contribution in [0, 0.1) is 0 Å². The topological polar surface area (TPSA) is 183 Å².